The Morgan fingerprint density at radius 1 is 1.50 bits per heavy atom. The van der Waals surface area contributed by atoms with Gasteiger partial charge in [0.1, 0.15) is 4.60 Å². The molecule has 1 saturated heterocycles. The predicted molar refractivity (Wildman–Crippen MR) is 69.8 cm³/mol. The fraction of sp³-hybridized carbons (Fsp3) is 0.455. The smallest absolute Gasteiger partial charge is 0.156 e. The lowest BCUT2D eigenvalue weighted by atomic mass is 10.1. The SMILES string of the molecule is Brc1cccc2nc(CC3CCSC3)nn12. The number of fused-ring (bicyclic) bond motifs is 1. The third-order valence-corrected chi connectivity index (χ3v) is 4.68. The van der Waals surface area contributed by atoms with Gasteiger partial charge in [-0.25, -0.2) is 9.50 Å². The van der Waals surface area contributed by atoms with Crippen molar-refractivity contribution in [1.29, 1.82) is 0 Å². The average molecular weight is 298 g/mol. The van der Waals surface area contributed by atoms with Crippen LogP contribution in [-0.2, 0) is 6.42 Å². The highest BCUT2D eigenvalue weighted by atomic mass is 79.9. The lowest BCUT2D eigenvalue weighted by Gasteiger charge is -2.02. The summed E-state index contributed by atoms with van der Waals surface area (Å²) in [7, 11) is 0. The minimum atomic E-state index is 0.765. The molecule has 2 aromatic rings. The topological polar surface area (TPSA) is 30.2 Å². The molecule has 3 nitrogen and oxygen atoms in total. The number of hydrogen-bond acceptors (Lipinski definition) is 3. The van der Waals surface area contributed by atoms with Gasteiger partial charge in [-0.3, -0.25) is 0 Å². The van der Waals surface area contributed by atoms with E-state index in [4.69, 9.17) is 0 Å². The molecular weight excluding hydrogens is 286 g/mol. The summed E-state index contributed by atoms with van der Waals surface area (Å²) in [4.78, 5) is 4.55. The van der Waals surface area contributed by atoms with E-state index in [9.17, 15) is 0 Å². The van der Waals surface area contributed by atoms with Crippen LogP contribution >= 0.6 is 27.7 Å². The molecule has 0 N–H and O–H groups in total. The molecule has 5 heteroatoms. The molecule has 2 aromatic heterocycles. The molecule has 84 valence electrons. The van der Waals surface area contributed by atoms with E-state index in [2.05, 4.69) is 26.0 Å². The van der Waals surface area contributed by atoms with Crippen molar-refractivity contribution in [2.75, 3.05) is 11.5 Å². The first-order chi connectivity index (χ1) is 7.83. The van der Waals surface area contributed by atoms with Crippen LogP contribution in [-0.4, -0.2) is 26.1 Å². The standard InChI is InChI=1S/C11H12BrN3S/c12-9-2-1-3-11-13-10(14-15(9)11)6-8-4-5-16-7-8/h1-3,8H,4-7H2. The minimum Gasteiger partial charge on any atom is -0.212 e. The maximum Gasteiger partial charge on any atom is 0.156 e. The molecule has 0 aromatic carbocycles. The number of hydrogen-bond donors (Lipinski definition) is 0. The fourth-order valence-electron chi connectivity index (χ4n) is 2.01. The second kappa shape index (κ2) is 4.37. The molecule has 16 heavy (non-hydrogen) atoms. The second-order valence-electron chi connectivity index (χ2n) is 4.08. The Morgan fingerprint density at radius 2 is 2.44 bits per heavy atom. The molecule has 0 spiro atoms. The van der Waals surface area contributed by atoms with Gasteiger partial charge in [0.25, 0.3) is 0 Å². The highest BCUT2D eigenvalue weighted by molar-refractivity contribution is 9.10. The van der Waals surface area contributed by atoms with E-state index in [0.29, 0.717) is 0 Å². The van der Waals surface area contributed by atoms with Crippen molar-refractivity contribution in [1.82, 2.24) is 14.6 Å². The largest absolute Gasteiger partial charge is 0.212 e. The Kier molecular flexibility index (Phi) is 2.90. The van der Waals surface area contributed by atoms with Gasteiger partial charge in [-0.15, -0.1) is 0 Å². The molecule has 1 atom stereocenters. The van der Waals surface area contributed by atoms with E-state index < -0.39 is 0 Å². The molecule has 0 radical (unpaired) electrons. The van der Waals surface area contributed by atoms with Gasteiger partial charge in [-0.1, -0.05) is 6.07 Å². The van der Waals surface area contributed by atoms with Crippen molar-refractivity contribution in [3.05, 3.63) is 28.6 Å². The predicted octanol–water partition coefficient (Wildman–Crippen LogP) is 2.79. The van der Waals surface area contributed by atoms with Gasteiger partial charge in [-0.2, -0.15) is 16.9 Å². The van der Waals surface area contributed by atoms with Crippen LogP contribution in [0.15, 0.2) is 22.8 Å². The Labute approximate surface area is 107 Å². The van der Waals surface area contributed by atoms with E-state index in [1.54, 1.807) is 0 Å². The van der Waals surface area contributed by atoms with Crippen LogP contribution in [0.25, 0.3) is 5.65 Å². The van der Waals surface area contributed by atoms with Gasteiger partial charge in [0.2, 0.25) is 0 Å². The Morgan fingerprint density at radius 3 is 3.19 bits per heavy atom. The lowest BCUT2D eigenvalue weighted by Crippen LogP contribution is -2.04. The molecule has 1 aliphatic heterocycles. The molecule has 0 aliphatic carbocycles. The van der Waals surface area contributed by atoms with Crippen LogP contribution in [0.1, 0.15) is 12.2 Å². The average Bonchev–Trinajstić information content (AvgIpc) is 2.88. The summed E-state index contributed by atoms with van der Waals surface area (Å²) in [6, 6.07) is 5.96. The first-order valence-corrected chi connectivity index (χ1v) is 7.35. The zero-order chi connectivity index (χ0) is 11.0. The number of rotatable bonds is 2. The summed E-state index contributed by atoms with van der Waals surface area (Å²) in [5.74, 6) is 4.29. The Balaban J connectivity index is 1.90. The van der Waals surface area contributed by atoms with E-state index in [0.717, 1.165) is 28.4 Å². The van der Waals surface area contributed by atoms with Crippen LogP contribution in [0.5, 0.6) is 0 Å². The molecule has 0 saturated carbocycles. The zero-order valence-corrected chi connectivity index (χ0v) is 11.2. The monoisotopic (exact) mass is 297 g/mol. The van der Waals surface area contributed by atoms with Gasteiger partial charge >= 0.3 is 0 Å². The summed E-state index contributed by atoms with van der Waals surface area (Å²) in [5.41, 5.74) is 0.926. The fourth-order valence-corrected chi connectivity index (χ4v) is 3.70. The molecular formula is C11H12BrN3S. The van der Waals surface area contributed by atoms with Crippen LogP contribution < -0.4 is 0 Å². The van der Waals surface area contributed by atoms with E-state index in [-0.39, 0.29) is 0 Å². The number of thioether (sulfide) groups is 1. The highest BCUT2D eigenvalue weighted by Gasteiger charge is 2.18. The molecule has 3 heterocycles. The maximum absolute atomic E-state index is 4.55. The molecule has 0 bridgehead atoms. The minimum absolute atomic E-state index is 0.765. The first-order valence-electron chi connectivity index (χ1n) is 5.41. The summed E-state index contributed by atoms with van der Waals surface area (Å²) in [6.07, 6.45) is 2.32. The van der Waals surface area contributed by atoms with E-state index in [1.807, 2.05) is 34.5 Å². The molecule has 3 rings (SSSR count). The second-order valence-corrected chi connectivity index (χ2v) is 6.04. The van der Waals surface area contributed by atoms with Crippen molar-refractivity contribution in [2.24, 2.45) is 5.92 Å². The van der Waals surface area contributed by atoms with Gasteiger partial charge in [-0.05, 0) is 51.9 Å². The van der Waals surface area contributed by atoms with Crippen molar-refractivity contribution < 1.29 is 0 Å². The van der Waals surface area contributed by atoms with Crippen LogP contribution in [0.3, 0.4) is 0 Å². The van der Waals surface area contributed by atoms with E-state index in [1.165, 1.54) is 17.9 Å². The number of halogens is 1. The van der Waals surface area contributed by atoms with Crippen molar-refractivity contribution in [2.45, 2.75) is 12.8 Å². The van der Waals surface area contributed by atoms with Gasteiger partial charge in [0.05, 0.1) is 0 Å². The molecule has 0 amide bonds. The number of pyridine rings is 1. The third kappa shape index (κ3) is 1.98. The van der Waals surface area contributed by atoms with Crippen LogP contribution in [0.4, 0.5) is 0 Å². The van der Waals surface area contributed by atoms with E-state index >= 15 is 0 Å². The van der Waals surface area contributed by atoms with Crippen molar-refractivity contribution in [3.63, 3.8) is 0 Å². The summed E-state index contributed by atoms with van der Waals surface area (Å²) in [6.45, 7) is 0. The van der Waals surface area contributed by atoms with Crippen LogP contribution in [0.2, 0.25) is 0 Å². The summed E-state index contributed by atoms with van der Waals surface area (Å²) in [5, 5.41) is 4.53. The normalized spacial score (nSPS) is 20.7. The molecule has 1 unspecified atom stereocenters. The van der Waals surface area contributed by atoms with Gasteiger partial charge < -0.3 is 0 Å². The van der Waals surface area contributed by atoms with Crippen molar-refractivity contribution >= 4 is 33.3 Å². The van der Waals surface area contributed by atoms with Gasteiger partial charge in [0.15, 0.2) is 11.5 Å². The van der Waals surface area contributed by atoms with Crippen molar-refractivity contribution in [3.8, 4) is 0 Å². The Hall–Kier alpha value is -0.550. The zero-order valence-electron chi connectivity index (χ0n) is 8.77. The molecule has 1 aliphatic rings. The highest BCUT2D eigenvalue weighted by Crippen LogP contribution is 2.26. The summed E-state index contributed by atoms with van der Waals surface area (Å²) >= 11 is 5.52. The summed E-state index contributed by atoms with van der Waals surface area (Å²) < 4.78 is 2.82. The van der Waals surface area contributed by atoms with Crippen LogP contribution in [0, 0.1) is 5.92 Å². The first kappa shape index (κ1) is 10.6. The number of nitrogens with zero attached hydrogens (tertiary/aromatic N) is 3. The van der Waals surface area contributed by atoms with Gasteiger partial charge in [0, 0.05) is 6.42 Å². The maximum atomic E-state index is 4.55. The quantitative estimate of drug-likeness (QED) is 0.799. The molecule has 1 fully saturated rings. The third-order valence-electron chi connectivity index (χ3n) is 2.85. The number of aromatic nitrogens is 3. The Bertz CT molecular complexity index is 505. The lowest BCUT2D eigenvalue weighted by molar-refractivity contribution is 0.575.